The number of anilines is 4. The van der Waals surface area contributed by atoms with Crippen LogP contribution < -0.4 is 24.4 Å². The van der Waals surface area contributed by atoms with Gasteiger partial charge in [0, 0.05) is 66.8 Å². The van der Waals surface area contributed by atoms with Gasteiger partial charge in [0.05, 0.1) is 28.1 Å². The fraction of sp³-hybridized carbons (Fsp3) is 0.0377. The Hall–Kier alpha value is -13.9. The molecule has 4 heterocycles. The molecule has 20 rings (SSSR count). The monoisotopic (exact) mass is 1650 g/mol. The quantitative estimate of drug-likeness (QED) is 0.0549. The summed E-state index contributed by atoms with van der Waals surface area (Å²) >= 11 is 0. The van der Waals surface area contributed by atoms with E-state index in [1.54, 1.807) is 0 Å². The maximum absolute atomic E-state index is 7.59. The van der Waals surface area contributed by atoms with E-state index in [9.17, 15) is 0 Å². The zero-order valence-electron chi connectivity index (χ0n) is 63.6. The van der Waals surface area contributed by atoms with Gasteiger partial charge in [0.25, 0.3) is 6.33 Å². The second-order valence-electron chi connectivity index (χ2n) is 30.2. The first-order valence-corrected chi connectivity index (χ1v) is 38.9. The number of rotatable bonds is 16. The Balaban J connectivity index is 0.00000884. The molecule has 0 fully saturated rings. The molecule has 16 aromatic carbocycles. The Labute approximate surface area is 685 Å². The summed E-state index contributed by atoms with van der Waals surface area (Å²) < 4.78 is 14.3. The third-order valence-electron chi connectivity index (χ3n) is 22.1. The number of pyridine rings is 1. The zero-order valence-corrected chi connectivity index (χ0v) is 65.9. The first-order valence-electron chi connectivity index (χ1n) is 38.9. The van der Waals surface area contributed by atoms with Gasteiger partial charge in [-0.1, -0.05) is 317 Å². The molecule has 19 aromatic rings. The fourth-order valence-corrected chi connectivity index (χ4v) is 16.7. The number of hydrogen-bond donors (Lipinski definition) is 0. The van der Waals surface area contributed by atoms with E-state index in [-0.39, 0.29) is 26.5 Å². The van der Waals surface area contributed by atoms with Gasteiger partial charge in [0.2, 0.25) is 0 Å². The normalized spacial score (nSPS) is 12.0. The van der Waals surface area contributed by atoms with Crippen molar-refractivity contribution in [1.29, 1.82) is 0 Å². The van der Waals surface area contributed by atoms with Crippen molar-refractivity contribution in [2.24, 2.45) is 0 Å². The predicted molar refractivity (Wildman–Crippen MR) is 471 cm³/mol. The molecule has 0 radical (unpaired) electrons. The molecule has 0 unspecified atom stereocenters. The molecule has 0 aliphatic carbocycles. The summed E-state index contributed by atoms with van der Waals surface area (Å²) in [5, 5.41) is 2.13. The van der Waals surface area contributed by atoms with Gasteiger partial charge in [0.1, 0.15) is 5.82 Å². The molecule has 3 aromatic heterocycles. The molecule has 0 bridgehead atoms. The molecular weight excluding hydrogens is 1580 g/mol. The van der Waals surface area contributed by atoms with Crippen molar-refractivity contribution in [3.63, 3.8) is 0 Å². The van der Waals surface area contributed by atoms with E-state index in [1.165, 1.54) is 5.56 Å². The number of ether oxygens (including phenoxy) is 1. The fourth-order valence-electron chi connectivity index (χ4n) is 16.7. The number of para-hydroxylation sites is 8. The summed E-state index contributed by atoms with van der Waals surface area (Å²) in [6, 6.07) is 150. The number of fused-ring (bicyclic) bond motifs is 5. The van der Waals surface area contributed by atoms with Gasteiger partial charge in [-0.25, -0.2) is 4.98 Å². The molecule has 0 atom stereocenters. The SMILES string of the molecule is CC(C)(C)c1ccnc(-n2c3[c-]c(Oc4[c-]c(-n5[c-][n+](-c6c(-c7cc(-c8ccccc8)cc(-c8ccccc8)c7)cccc6-c6cc(-c7ccccc7)cc(-c7ccccc7)c6)c6ccccc65)cc(B5N(c6ccccc6-c6ccccc6)c6ccccc6N5c5ccccc5-c5ccccc5)c4)ccc3c3ccccc32)c1.[Pt]. The number of benzene rings is 16. The van der Waals surface area contributed by atoms with Crippen molar-refractivity contribution < 1.29 is 30.4 Å². The third-order valence-corrected chi connectivity index (χ3v) is 22.1. The minimum absolute atomic E-state index is 0. The van der Waals surface area contributed by atoms with Crippen LogP contribution in [0.5, 0.6) is 11.5 Å². The minimum atomic E-state index is -0.560. The number of imidazole rings is 1. The van der Waals surface area contributed by atoms with Crippen LogP contribution in [0.1, 0.15) is 26.3 Å². The summed E-state index contributed by atoms with van der Waals surface area (Å²) in [5.41, 5.74) is 28.9. The van der Waals surface area contributed by atoms with Gasteiger partial charge in [0.15, 0.2) is 0 Å². The van der Waals surface area contributed by atoms with Gasteiger partial charge < -0.3 is 23.5 Å². The van der Waals surface area contributed by atoms with Gasteiger partial charge in [-0.05, 0) is 179 Å². The van der Waals surface area contributed by atoms with E-state index < -0.39 is 6.98 Å². The van der Waals surface area contributed by atoms with E-state index in [2.05, 4.69) is 451 Å². The van der Waals surface area contributed by atoms with Gasteiger partial charge in [-0.3, -0.25) is 4.57 Å². The van der Waals surface area contributed by atoms with Crippen molar-refractivity contribution in [2.45, 2.75) is 26.2 Å². The van der Waals surface area contributed by atoms with E-state index in [0.717, 1.165) is 162 Å². The maximum Gasteiger partial charge on any atom is 0.394 e. The van der Waals surface area contributed by atoms with Crippen molar-refractivity contribution in [3.05, 3.63) is 425 Å². The summed E-state index contributed by atoms with van der Waals surface area (Å²) in [4.78, 5) is 10.1. The number of nitrogens with zero attached hydrogens (tertiary/aromatic N) is 6. The minimum Gasteiger partial charge on any atom is -0.510 e. The van der Waals surface area contributed by atoms with Crippen LogP contribution in [0.3, 0.4) is 0 Å². The molecule has 0 N–H and O–H groups in total. The molecule has 1 aliphatic heterocycles. The Kier molecular flexibility index (Phi) is 18.8. The van der Waals surface area contributed by atoms with Gasteiger partial charge in [-0.2, -0.15) is 12.1 Å². The second-order valence-corrected chi connectivity index (χ2v) is 30.2. The van der Waals surface area contributed by atoms with Crippen LogP contribution in [0, 0.1) is 18.5 Å². The van der Waals surface area contributed by atoms with E-state index in [4.69, 9.17) is 9.72 Å². The summed E-state index contributed by atoms with van der Waals surface area (Å²) in [5.74, 6) is 1.80. The first kappa shape index (κ1) is 71.4. The topological polar surface area (TPSA) is 42.3 Å². The van der Waals surface area contributed by atoms with Crippen LogP contribution in [-0.4, -0.2) is 21.1 Å². The smallest absolute Gasteiger partial charge is 0.394 e. The molecule has 115 heavy (non-hydrogen) atoms. The van der Waals surface area contributed by atoms with E-state index in [0.29, 0.717) is 17.2 Å². The predicted octanol–water partition coefficient (Wildman–Crippen LogP) is 25.9. The van der Waals surface area contributed by atoms with E-state index >= 15 is 0 Å². The Morgan fingerprint density at radius 3 is 1.27 bits per heavy atom. The van der Waals surface area contributed by atoms with Crippen molar-refractivity contribution in [2.75, 3.05) is 9.62 Å². The maximum atomic E-state index is 7.59. The third kappa shape index (κ3) is 13.4. The summed E-state index contributed by atoms with van der Waals surface area (Å²) in [6.07, 6.45) is 6.10. The molecule has 1 aliphatic rings. The average molecular weight is 1650 g/mol. The van der Waals surface area contributed by atoms with Crippen LogP contribution >= 0.6 is 0 Å². The zero-order chi connectivity index (χ0) is 76.2. The summed E-state index contributed by atoms with van der Waals surface area (Å²) in [6.45, 7) is 6.17. The molecule has 0 saturated heterocycles. The average Bonchev–Trinajstić information content (AvgIpc) is 1.53. The largest absolute Gasteiger partial charge is 0.510 e. The van der Waals surface area contributed by atoms with E-state index in [1.807, 2.05) is 12.3 Å². The molecule has 0 spiro atoms. The number of hydrogen-bond acceptors (Lipinski definition) is 4. The van der Waals surface area contributed by atoms with Crippen LogP contribution in [0.15, 0.2) is 401 Å². The van der Waals surface area contributed by atoms with Gasteiger partial charge in [-0.15, -0.1) is 35.1 Å². The second kappa shape index (κ2) is 30.3. The molecule has 0 saturated carbocycles. The van der Waals surface area contributed by atoms with Crippen LogP contribution in [0.4, 0.5) is 22.7 Å². The van der Waals surface area contributed by atoms with Crippen molar-refractivity contribution >= 4 is 68.0 Å². The molecule has 9 heteroatoms. The molecule has 0 amide bonds. The van der Waals surface area contributed by atoms with Crippen LogP contribution in [-0.2, 0) is 26.5 Å². The summed E-state index contributed by atoms with van der Waals surface area (Å²) in [7, 11) is 0. The molecule has 550 valence electrons. The van der Waals surface area contributed by atoms with Gasteiger partial charge >= 0.3 is 6.98 Å². The Morgan fingerprint density at radius 2 is 0.765 bits per heavy atom. The Bertz CT molecular complexity index is 6450. The van der Waals surface area contributed by atoms with Crippen molar-refractivity contribution in [1.82, 2.24) is 14.1 Å². The molecule has 7 nitrogen and oxygen atoms in total. The Morgan fingerprint density at radius 1 is 0.339 bits per heavy atom. The standard InChI is InChI=1S/C106H75BN6O.Pt/c1-106(2,3)85-59-60-108-104(67-85)111-96-50-25-24-47-94(96)95-58-57-88(71-103(95)111)114-89-69-86(107-112(97-51-26-22-45-90(97)77-41-18-8-19-42-77)101-55-30-31-56-102(101)113(107)98-52-27-23-46-91(98)78-43-20-9-21-44-78)68-87(70-89)109-72-110(100-54-29-28-53-99(100)109)105-92(83-63-79(73-33-10-4-11-34-73)61-80(64-83)74-35-12-5-13-36-74)48-32-49-93(105)84-65-81(75-37-14-6-15-38-75)62-82(66-84)76-39-16-7-17-40-76;/h4-69H,1-3H3;/q-2;. The van der Waals surface area contributed by atoms with Crippen LogP contribution in [0.25, 0.3) is 139 Å². The molecular formula is C106H75BN6OPt-2. The number of aromatic nitrogens is 4. The van der Waals surface area contributed by atoms with Crippen molar-refractivity contribution in [3.8, 4) is 118 Å². The first-order chi connectivity index (χ1) is 56.2. The van der Waals surface area contributed by atoms with Crippen LogP contribution in [0.2, 0.25) is 0 Å².